The van der Waals surface area contributed by atoms with Gasteiger partial charge in [0.15, 0.2) is 0 Å². The monoisotopic (exact) mass is 409 g/mol. The molecule has 2 aromatic rings. The highest BCUT2D eigenvalue weighted by molar-refractivity contribution is 5.89. The zero-order chi connectivity index (χ0) is 21.6. The van der Waals surface area contributed by atoms with Crippen molar-refractivity contribution in [3.63, 3.8) is 0 Å². The van der Waals surface area contributed by atoms with E-state index >= 15 is 0 Å². The van der Waals surface area contributed by atoms with Crippen LogP contribution in [0.2, 0.25) is 0 Å². The standard InChI is InChI=1S/C24H31N3O3/c1-24(2,3)30-23(29)27-14-8-13-21(17-27)26-22(28)25-20-12-7-11-19(16-20)15-18-9-5-4-6-10-18/h4-7,9-12,16,21H,8,13-15,17H2,1-3H3,(H2,25,26,28). The fourth-order valence-electron chi connectivity index (χ4n) is 3.53. The van der Waals surface area contributed by atoms with Crippen molar-refractivity contribution < 1.29 is 14.3 Å². The average molecular weight is 410 g/mol. The molecule has 1 aliphatic heterocycles. The van der Waals surface area contributed by atoms with Gasteiger partial charge in [0.1, 0.15) is 5.60 Å². The van der Waals surface area contributed by atoms with E-state index in [1.807, 2.05) is 57.2 Å². The predicted molar refractivity (Wildman–Crippen MR) is 119 cm³/mol. The van der Waals surface area contributed by atoms with Gasteiger partial charge in [0.25, 0.3) is 0 Å². The van der Waals surface area contributed by atoms with Gasteiger partial charge in [0.05, 0.1) is 0 Å². The van der Waals surface area contributed by atoms with Crippen molar-refractivity contribution in [2.45, 2.75) is 51.7 Å². The minimum Gasteiger partial charge on any atom is -0.444 e. The number of nitrogens with zero attached hydrogens (tertiary/aromatic N) is 1. The average Bonchev–Trinajstić information content (AvgIpc) is 2.68. The van der Waals surface area contributed by atoms with E-state index in [1.165, 1.54) is 5.56 Å². The highest BCUT2D eigenvalue weighted by atomic mass is 16.6. The molecule has 1 atom stereocenters. The van der Waals surface area contributed by atoms with E-state index < -0.39 is 5.60 Å². The Morgan fingerprint density at radius 3 is 2.53 bits per heavy atom. The number of ether oxygens (including phenoxy) is 1. The number of benzene rings is 2. The van der Waals surface area contributed by atoms with Crippen LogP contribution in [-0.4, -0.2) is 41.8 Å². The summed E-state index contributed by atoms with van der Waals surface area (Å²) in [5.74, 6) is 0. The van der Waals surface area contributed by atoms with Crippen LogP contribution in [0.15, 0.2) is 54.6 Å². The van der Waals surface area contributed by atoms with Crippen LogP contribution in [0.4, 0.5) is 15.3 Å². The third-order valence-corrected chi connectivity index (χ3v) is 4.84. The number of nitrogens with one attached hydrogen (secondary N) is 2. The number of carbonyl (C=O) groups is 2. The molecule has 3 rings (SSSR count). The van der Waals surface area contributed by atoms with E-state index in [9.17, 15) is 9.59 Å². The zero-order valence-electron chi connectivity index (χ0n) is 18.0. The molecule has 1 heterocycles. The topological polar surface area (TPSA) is 70.7 Å². The largest absolute Gasteiger partial charge is 0.444 e. The van der Waals surface area contributed by atoms with E-state index in [0.29, 0.717) is 13.1 Å². The number of rotatable bonds is 4. The maximum atomic E-state index is 12.5. The molecule has 1 aliphatic rings. The Balaban J connectivity index is 1.53. The van der Waals surface area contributed by atoms with Gasteiger partial charge in [-0.05, 0) is 63.3 Å². The minimum absolute atomic E-state index is 0.0984. The Morgan fingerprint density at radius 2 is 1.80 bits per heavy atom. The molecule has 0 spiro atoms. The lowest BCUT2D eigenvalue weighted by atomic mass is 10.0. The van der Waals surface area contributed by atoms with E-state index in [0.717, 1.165) is 30.5 Å². The van der Waals surface area contributed by atoms with Crippen molar-refractivity contribution in [2.24, 2.45) is 0 Å². The number of hydrogen-bond donors (Lipinski definition) is 2. The fraction of sp³-hybridized carbons (Fsp3) is 0.417. The molecule has 2 N–H and O–H groups in total. The zero-order valence-corrected chi connectivity index (χ0v) is 18.0. The molecule has 1 saturated heterocycles. The first-order valence-corrected chi connectivity index (χ1v) is 10.5. The maximum Gasteiger partial charge on any atom is 0.410 e. The number of likely N-dealkylation sites (tertiary alicyclic amines) is 1. The molecule has 0 aliphatic carbocycles. The summed E-state index contributed by atoms with van der Waals surface area (Å²) in [6.45, 7) is 6.66. The molecule has 0 bridgehead atoms. The van der Waals surface area contributed by atoms with Crippen molar-refractivity contribution in [1.29, 1.82) is 0 Å². The van der Waals surface area contributed by atoms with Crippen molar-refractivity contribution in [3.05, 3.63) is 65.7 Å². The van der Waals surface area contributed by atoms with Gasteiger partial charge in [-0.1, -0.05) is 42.5 Å². The number of anilines is 1. The summed E-state index contributed by atoms with van der Waals surface area (Å²) < 4.78 is 5.45. The summed E-state index contributed by atoms with van der Waals surface area (Å²) in [5.41, 5.74) is 2.58. The third kappa shape index (κ3) is 6.79. The number of piperidine rings is 1. The normalized spacial score (nSPS) is 16.6. The summed E-state index contributed by atoms with van der Waals surface area (Å²) in [6.07, 6.45) is 2.14. The lowest BCUT2D eigenvalue weighted by molar-refractivity contribution is 0.0191. The Morgan fingerprint density at radius 1 is 1.07 bits per heavy atom. The second-order valence-electron chi connectivity index (χ2n) is 8.73. The van der Waals surface area contributed by atoms with Crippen LogP contribution in [0.1, 0.15) is 44.7 Å². The summed E-state index contributed by atoms with van der Waals surface area (Å²) in [4.78, 5) is 26.5. The van der Waals surface area contributed by atoms with Gasteiger partial charge in [-0.25, -0.2) is 9.59 Å². The Labute approximate surface area is 178 Å². The van der Waals surface area contributed by atoms with Gasteiger partial charge < -0.3 is 20.3 Å². The number of hydrogen-bond acceptors (Lipinski definition) is 3. The van der Waals surface area contributed by atoms with Crippen molar-refractivity contribution in [2.75, 3.05) is 18.4 Å². The van der Waals surface area contributed by atoms with Crippen LogP contribution in [0.3, 0.4) is 0 Å². The molecule has 0 saturated carbocycles. The Bertz CT molecular complexity index is 861. The lowest BCUT2D eigenvalue weighted by Crippen LogP contribution is -2.51. The van der Waals surface area contributed by atoms with E-state index in [1.54, 1.807) is 4.90 Å². The quantitative estimate of drug-likeness (QED) is 0.762. The molecule has 2 aromatic carbocycles. The molecule has 0 radical (unpaired) electrons. The molecular weight excluding hydrogens is 378 g/mol. The number of carbonyl (C=O) groups excluding carboxylic acids is 2. The van der Waals surface area contributed by atoms with E-state index in [4.69, 9.17) is 4.74 Å². The van der Waals surface area contributed by atoms with Crippen LogP contribution >= 0.6 is 0 Å². The van der Waals surface area contributed by atoms with Crippen molar-refractivity contribution in [3.8, 4) is 0 Å². The van der Waals surface area contributed by atoms with Crippen molar-refractivity contribution in [1.82, 2.24) is 10.2 Å². The van der Waals surface area contributed by atoms with Crippen LogP contribution in [0, 0.1) is 0 Å². The lowest BCUT2D eigenvalue weighted by Gasteiger charge is -2.34. The fourth-order valence-corrected chi connectivity index (χ4v) is 3.53. The first-order valence-electron chi connectivity index (χ1n) is 10.5. The Hall–Kier alpha value is -3.02. The first-order chi connectivity index (χ1) is 14.3. The highest BCUT2D eigenvalue weighted by Gasteiger charge is 2.28. The second-order valence-corrected chi connectivity index (χ2v) is 8.73. The van der Waals surface area contributed by atoms with Crippen LogP contribution in [0.5, 0.6) is 0 Å². The molecule has 1 fully saturated rings. The van der Waals surface area contributed by atoms with Gasteiger partial charge in [0.2, 0.25) is 0 Å². The molecular formula is C24H31N3O3. The van der Waals surface area contributed by atoms with Gasteiger partial charge >= 0.3 is 12.1 Å². The molecule has 6 nitrogen and oxygen atoms in total. The van der Waals surface area contributed by atoms with E-state index in [2.05, 4.69) is 28.8 Å². The van der Waals surface area contributed by atoms with Gasteiger partial charge in [0, 0.05) is 24.8 Å². The van der Waals surface area contributed by atoms with Gasteiger partial charge in [-0.2, -0.15) is 0 Å². The SMILES string of the molecule is CC(C)(C)OC(=O)N1CCCC(NC(=O)Nc2cccc(Cc3ccccc3)c2)C1. The summed E-state index contributed by atoms with van der Waals surface area (Å²) in [5, 5.41) is 5.90. The Kier molecular flexibility index (Phi) is 6.98. The molecule has 1 unspecified atom stereocenters. The number of urea groups is 1. The van der Waals surface area contributed by atoms with Crippen molar-refractivity contribution >= 4 is 17.8 Å². The molecule has 160 valence electrons. The third-order valence-electron chi connectivity index (χ3n) is 4.84. The number of amides is 3. The second kappa shape index (κ2) is 9.65. The summed E-state index contributed by atoms with van der Waals surface area (Å²) in [6, 6.07) is 17.7. The van der Waals surface area contributed by atoms with Gasteiger partial charge in [-0.15, -0.1) is 0 Å². The summed E-state index contributed by atoms with van der Waals surface area (Å²) >= 11 is 0. The van der Waals surface area contributed by atoms with Crippen LogP contribution in [0.25, 0.3) is 0 Å². The van der Waals surface area contributed by atoms with E-state index in [-0.39, 0.29) is 18.2 Å². The minimum atomic E-state index is -0.528. The van der Waals surface area contributed by atoms with Crippen LogP contribution in [-0.2, 0) is 11.2 Å². The molecule has 6 heteroatoms. The smallest absolute Gasteiger partial charge is 0.410 e. The first kappa shape index (κ1) is 21.7. The van der Waals surface area contributed by atoms with Gasteiger partial charge in [-0.3, -0.25) is 0 Å². The highest BCUT2D eigenvalue weighted by Crippen LogP contribution is 2.17. The molecule has 30 heavy (non-hydrogen) atoms. The maximum absolute atomic E-state index is 12.5. The summed E-state index contributed by atoms with van der Waals surface area (Å²) in [7, 11) is 0. The molecule has 0 aromatic heterocycles. The van der Waals surface area contributed by atoms with Crippen LogP contribution < -0.4 is 10.6 Å². The molecule has 3 amide bonds. The predicted octanol–water partition coefficient (Wildman–Crippen LogP) is 4.80.